The first-order chi connectivity index (χ1) is 8.69. The standard InChI is InChI=1S/C16H25NO/c1-4-13-9-14(12(2)3)11-16(10-13)17-15-5-7-18-8-6-15/h9-12,15,17H,4-8H2,1-3H3. The average molecular weight is 247 g/mol. The van der Waals surface area contributed by atoms with Crippen LogP contribution < -0.4 is 5.32 Å². The second kappa shape index (κ2) is 6.24. The first-order valence-corrected chi connectivity index (χ1v) is 7.17. The van der Waals surface area contributed by atoms with Gasteiger partial charge in [-0.05, 0) is 48.4 Å². The van der Waals surface area contributed by atoms with Gasteiger partial charge < -0.3 is 10.1 Å². The van der Waals surface area contributed by atoms with Crippen LogP contribution in [0, 0.1) is 0 Å². The van der Waals surface area contributed by atoms with Crippen LogP contribution in [0.5, 0.6) is 0 Å². The number of ether oxygens (including phenoxy) is 1. The Balaban J connectivity index is 2.12. The van der Waals surface area contributed by atoms with E-state index in [-0.39, 0.29) is 0 Å². The monoisotopic (exact) mass is 247 g/mol. The van der Waals surface area contributed by atoms with Crippen molar-refractivity contribution in [3.63, 3.8) is 0 Å². The molecule has 0 spiro atoms. The maximum Gasteiger partial charge on any atom is 0.0485 e. The Morgan fingerprint density at radius 3 is 2.56 bits per heavy atom. The summed E-state index contributed by atoms with van der Waals surface area (Å²) in [6.45, 7) is 8.52. The van der Waals surface area contributed by atoms with Crippen molar-refractivity contribution in [3.05, 3.63) is 29.3 Å². The predicted octanol–water partition coefficient (Wildman–Crippen LogP) is 3.96. The summed E-state index contributed by atoms with van der Waals surface area (Å²) in [5.41, 5.74) is 4.14. The topological polar surface area (TPSA) is 21.3 Å². The highest BCUT2D eigenvalue weighted by Gasteiger charge is 2.14. The molecule has 1 aromatic carbocycles. The Labute approximate surface area is 111 Å². The van der Waals surface area contributed by atoms with Crippen LogP contribution in [0.3, 0.4) is 0 Å². The predicted molar refractivity (Wildman–Crippen MR) is 77.4 cm³/mol. The van der Waals surface area contributed by atoms with E-state index in [1.807, 2.05) is 0 Å². The molecule has 1 N–H and O–H groups in total. The first-order valence-electron chi connectivity index (χ1n) is 7.17. The minimum absolute atomic E-state index is 0.575. The first kappa shape index (κ1) is 13.4. The molecule has 1 fully saturated rings. The van der Waals surface area contributed by atoms with Gasteiger partial charge >= 0.3 is 0 Å². The SMILES string of the molecule is CCc1cc(NC2CCOCC2)cc(C(C)C)c1. The highest BCUT2D eigenvalue weighted by molar-refractivity contribution is 5.50. The smallest absolute Gasteiger partial charge is 0.0485 e. The van der Waals surface area contributed by atoms with E-state index in [2.05, 4.69) is 44.3 Å². The lowest BCUT2D eigenvalue weighted by Gasteiger charge is -2.25. The number of hydrogen-bond acceptors (Lipinski definition) is 2. The summed E-state index contributed by atoms with van der Waals surface area (Å²) in [6, 6.07) is 7.51. The Kier molecular flexibility index (Phi) is 4.65. The van der Waals surface area contributed by atoms with Crippen molar-refractivity contribution >= 4 is 5.69 Å². The molecule has 0 amide bonds. The van der Waals surface area contributed by atoms with E-state index in [1.165, 1.54) is 16.8 Å². The van der Waals surface area contributed by atoms with Crippen LogP contribution >= 0.6 is 0 Å². The summed E-state index contributed by atoms with van der Waals surface area (Å²) >= 11 is 0. The molecule has 18 heavy (non-hydrogen) atoms. The van der Waals surface area contributed by atoms with E-state index in [4.69, 9.17) is 4.74 Å². The lowest BCUT2D eigenvalue weighted by atomic mass is 9.98. The zero-order valence-electron chi connectivity index (χ0n) is 11.8. The minimum Gasteiger partial charge on any atom is -0.382 e. The maximum atomic E-state index is 5.40. The van der Waals surface area contributed by atoms with Crippen molar-refractivity contribution in [3.8, 4) is 0 Å². The number of rotatable bonds is 4. The van der Waals surface area contributed by atoms with Gasteiger partial charge in [0.1, 0.15) is 0 Å². The molecular formula is C16H25NO. The summed E-state index contributed by atoms with van der Waals surface area (Å²) in [7, 11) is 0. The second-order valence-electron chi connectivity index (χ2n) is 5.50. The fraction of sp³-hybridized carbons (Fsp3) is 0.625. The van der Waals surface area contributed by atoms with Gasteiger partial charge in [-0.1, -0.05) is 26.8 Å². The van der Waals surface area contributed by atoms with E-state index in [9.17, 15) is 0 Å². The fourth-order valence-electron chi connectivity index (χ4n) is 2.42. The third-order valence-corrected chi connectivity index (χ3v) is 3.68. The summed E-state index contributed by atoms with van der Waals surface area (Å²) in [5, 5.41) is 3.67. The van der Waals surface area contributed by atoms with Crippen LogP contribution in [0.4, 0.5) is 5.69 Å². The number of nitrogens with one attached hydrogen (secondary N) is 1. The van der Waals surface area contributed by atoms with Gasteiger partial charge in [-0.3, -0.25) is 0 Å². The van der Waals surface area contributed by atoms with Crippen LogP contribution in [0.25, 0.3) is 0 Å². The zero-order valence-corrected chi connectivity index (χ0v) is 11.8. The molecule has 0 atom stereocenters. The summed E-state index contributed by atoms with van der Waals surface area (Å²) in [5.74, 6) is 0.590. The Morgan fingerprint density at radius 2 is 1.94 bits per heavy atom. The van der Waals surface area contributed by atoms with Crippen molar-refractivity contribution in [2.45, 2.75) is 52.0 Å². The van der Waals surface area contributed by atoms with Crippen LogP contribution in [0.2, 0.25) is 0 Å². The zero-order chi connectivity index (χ0) is 13.0. The van der Waals surface area contributed by atoms with E-state index in [0.717, 1.165) is 32.5 Å². The molecule has 1 aliphatic rings. The second-order valence-corrected chi connectivity index (χ2v) is 5.50. The van der Waals surface area contributed by atoms with Gasteiger partial charge in [0, 0.05) is 24.9 Å². The van der Waals surface area contributed by atoms with Crippen LogP contribution in [0.15, 0.2) is 18.2 Å². The summed E-state index contributed by atoms with van der Waals surface area (Å²) in [6.07, 6.45) is 3.34. The minimum atomic E-state index is 0.575. The number of hydrogen-bond donors (Lipinski definition) is 1. The number of anilines is 1. The van der Waals surface area contributed by atoms with Gasteiger partial charge in [0.05, 0.1) is 0 Å². The highest BCUT2D eigenvalue weighted by atomic mass is 16.5. The van der Waals surface area contributed by atoms with E-state index < -0.39 is 0 Å². The van der Waals surface area contributed by atoms with Gasteiger partial charge in [0.2, 0.25) is 0 Å². The van der Waals surface area contributed by atoms with E-state index in [1.54, 1.807) is 0 Å². The molecular weight excluding hydrogens is 222 g/mol. The molecule has 2 nitrogen and oxygen atoms in total. The lowest BCUT2D eigenvalue weighted by molar-refractivity contribution is 0.0904. The van der Waals surface area contributed by atoms with Crippen molar-refractivity contribution in [1.29, 1.82) is 0 Å². The molecule has 1 aliphatic heterocycles. The van der Waals surface area contributed by atoms with Gasteiger partial charge in [-0.25, -0.2) is 0 Å². The van der Waals surface area contributed by atoms with Gasteiger partial charge in [0.25, 0.3) is 0 Å². The molecule has 0 saturated carbocycles. The largest absolute Gasteiger partial charge is 0.382 e. The molecule has 0 radical (unpaired) electrons. The third kappa shape index (κ3) is 3.49. The molecule has 100 valence electrons. The Bertz CT molecular complexity index is 381. The molecule has 1 saturated heterocycles. The lowest BCUT2D eigenvalue weighted by Crippen LogP contribution is -2.27. The average Bonchev–Trinajstić information content (AvgIpc) is 2.39. The van der Waals surface area contributed by atoms with Crippen molar-refractivity contribution < 1.29 is 4.74 Å². The molecule has 1 heterocycles. The third-order valence-electron chi connectivity index (χ3n) is 3.68. The Hall–Kier alpha value is -1.02. The fourth-order valence-corrected chi connectivity index (χ4v) is 2.42. The summed E-state index contributed by atoms with van der Waals surface area (Å²) < 4.78 is 5.40. The van der Waals surface area contributed by atoms with Crippen LogP contribution in [0.1, 0.15) is 50.7 Å². The van der Waals surface area contributed by atoms with E-state index in [0.29, 0.717) is 12.0 Å². The molecule has 2 rings (SSSR count). The van der Waals surface area contributed by atoms with Gasteiger partial charge in [-0.15, -0.1) is 0 Å². The van der Waals surface area contributed by atoms with Crippen LogP contribution in [-0.4, -0.2) is 19.3 Å². The number of aryl methyl sites for hydroxylation is 1. The van der Waals surface area contributed by atoms with Gasteiger partial charge in [-0.2, -0.15) is 0 Å². The molecule has 0 unspecified atom stereocenters. The Morgan fingerprint density at radius 1 is 1.22 bits per heavy atom. The summed E-state index contributed by atoms with van der Waals surface area (Å²) in [4.78, 5) is 0. The maximum absolute atomic E-state index is 5.40. The normalized spacial score (nSPS) is 17.1. The quantitative estimate of drug-likeness (QED) is 0.869. The highest BCUT2D eigenvalue weighted by Crippen LogP contribution is 2.23. The molecule has 1 aromatic rings. The van der Waals surface area contributed by atoms with E-state index >= 15 is 0 Å². The van der Waals surface area contributed by atoms with Gasteiger partial charge in [0.15, 0.2) is 0 Å². The number of benzene rings is 1. The van der Waals surface area contributed by atoms with Crippen molar-refractivity contribution in [1.82, 2.24) is 0 Å². The van der Waals surface area contributed by atoms with Crippen molar-refractivity contribution in [2.75, 3.05) is 18.5 Å². The molecule has 0 aliphatic carbocycles. The molecule has 0 aromatic heterocycles. The van der Waals surface area contributed by atoms with Crippen molar-refractivity contribution in [2.24, 2.45) is 0 Å². The molecule has 0 bridgehead atoms. The molecule has 2 heteroatoms. The van der Waals surface area contributed by atoms with Crippen LogP contribution in [-0.2, 0) is 11.2 Å².